The van der Waals surface area contributed by atoms with Gasteiger partial charge in [0, 0.05) is 59.8 Å². The molecule has 0 N–H and O–H groups in total. The van der Waals surface area contributed by atoms with Crippen LogP contribution in [0.2, 0.25) is 0 Å². The molecule has 6 nitrogen and oxygen atoms in total. The van der Waals surface area contributed by atoms with Crippen LogP contribution in [0.1, 0.15) is 0 Å². The second-order valence-corrected chi connectivity index (χ2v) is 15.7. The van der Waals surface area contributed by atoms with Crippen LogP contribution in [-0.2, 0) is 0 Å². The lowest BCUT2D eigenvalue weighted by molar-refractivity contribution is 0.657. The van der Waals surface area contributed by atoms with Crippen LogP contribution in [0.3, 0.4) is 0 Å². The maximum absolute atomic E-state index is 6.96. The van der Waals surface area contributed by atoms with Crippen molar-refractivity contribution in [2.45, 2.75) is 0 Å². The Balaban J connectivity index is 1.24. The van der Waals surface area contributed by atoms with Gasteiger partial charge >= 0.3 is 0 Å². The van der Waals surface area contributed by atoms with Gasteiger partial charge in [-0.05, 0) is 48.5 Å². The van der Waals surface area contributed by atoms with Crippen LogP contribution in [0.5, 0.6) is 0 Å². The third-order valence-corrected chi connectivity index (χ3v) is 12.4. The Kier molecular flexibility index (Phi) is 6.46. The first-order valence-electron chi connectivity index (χ1n) is 20.4. The number of rotatable bonds is 4. The Morgan fingerprint density at radius 1 is 0.344 bits per heavy atom. The van der Waals surface area contributed by atoms with Crippen molar-refractivity contribution in [3.63, 3.8) is 0 Å². The monoisotopic (exact) mass is 782 g/mol. The molecule has 14 rings (SSSR count). The van der Waals surface area contributed by atoms with Crippen molar-refractivity contribution in [2.24, 2.45) is 0 Å². The summed E-state index contributed by atoms with van der Waals surface area (Å²) in [5.41, 5.74) is 13.4. The van der Waals surface area contributed by atoms with Crippen LogP contribution in [0.4, 0.5) is 0 Å². The van der Waals surface area contributed by atoms with E-state index in [1.165, 1.54) is 0 Å². The molecule has 0 bridgehead atoms. The summed E-state index contributed by atoms with van der Waals surface area (Å²) in [6.07, 6.45) is 0. The van der Waals surface area contributed by atoms with E-state index in [1.807, 2.05) is 60.7 Å². The quantitative estimate of drug-likeness (QED) is 0.178. The third-order valence-electron chi connectivity index (χ3n) is 12.4. The largest absolute Gasteiger partial charge is 0.455 e. The van der Waals surface area contributed by atoms with Gasteiger partial charge < -0.3 is 17.7 Å². The highest BCUT2D eigenvalue weighted by molar-refractivity contribution is 6.25. The van der Waals surface area contributed by atoms with Gasteiger partial charge in [-0.25, -0.2) is 4.98 Å². The maximum Gasteiger partial charge on any atom is 0.147 e. The van der Waals surface area contributed by atoms with Crippen LogP contribution >= 0.6 is 0 Å². The summed E-state index contributed by atoms with van der Waals surface area (Å²) in [5.74, 6) is 0.797. The molecule has 9 aromatic carbocycles. The van der Waals surface area contributed by atoms with Crippen molar-refractivity contribution in [3.05, 3.63) is 182 Å². The molecular formula is C55H30N2O4. The summed E-state index contributed by atoms with van der Waals surface area (Å²) in [4.78, 5) is 5.39. The average molecular weight is 783 g/mol. The molecule has 14 aromatic rings. The summed E-state index contributed by atoms with van der Waals surface area (Å²) in [7, 11) is 0. The zero-order valence-corrected chi connectivity index (χ0v) is 32.3. The summed E-state index contributed by atoms with van der Waals surface area (Å²) >= 11 is 0. The second-order valence-electron chi connectivity index (χ2n) is 15.7. The molecule has 6 heteroatoms. The minimum atomic E-state index is 0.743. The first-order valence-corrected chi connectivity index (χ1v) is 20.4. The van der Waals surface area contributed by atoms with Crippen LogP contribution in [-0.4, -0.2) is 9.55 Å². The molecule has 0 aliphatic carbocycles. The lowest BCUT2D eigenvalue weighted by Gasteiger charge is -2.20. The molecular weight excluding hydrogens is 753 g/mol. The molecule has 0 spiro atoms. The molecule has 0 saturated heterocycles. The molecule has 0 atom stereocenters. The number of furan rings is 4. The molecule has 61 heavy (non-hydrogen) atoms. The van der Waals surface area contributed by atoms with Gasteiger partial charge in [0.15, 0.2) is 0 Å². The number of fused-ring (bicyclic) bond motifs is 13. The smallest absolute Gasteiger partial charge is 0.147 e. The van der Waals surface area contributed by atoms with E-state index < -0.39 is 0 Å². The van der Waals surface area contributed by atoms with Crippen molar-refractivity contribution in [3.8, 4) is 39.3 Å². The predicted octanol–water partition coefficient (Wildman–Crippen LogP) is 15.6. The van der Waals surface area contributed by atoms with E-state index in [4.69, 9.17) is 22.7 Å². The highest BCUT2D eigenvalue weighted by atomic mass is 16.4. The average Bonchev–Trinajstić information content (AvgIpc) is 4.14. The second kappa shape index (κ2) is 12.1. The Labute approximate surface area is 346 Å². The van der Waals surface area contributed by atoms with E-state index >= 15 is 0 Å². The van der Waals surface area contributed by atoms with Gasteiger partial charge in [-0.2, -0.15) is 0 Å². The van der Waals surface area contributed by atoms with Crippen molar-refractivity contribution in [1.29, 1.82) is 0 Å². The van der Waals surface area contributed by atoms with Crippen molar-refractivity contribution >= 4 is 98.8 Å². The molecule has 0 radical (unpaired) electrons. The van der Waals surface area contributed by atoms with Crippen molar-refractivity contribution < 1.29 is 17.7 Å². The van der Waals surface area contributed by atoms with Crippen molar-refractivity contribution in [2.75, 3.05) is 0 Å². The zero-order valence-electron chi connectivity index (χ0n) is 32.3. The Morgan fingerprint density at radius 2 is 0.738 bits per heavy atom. The zero-order chi connectivity index (χ0) is 39.8. The number of aromatic nitrogens is 2. The fraction of sp³-hybridized carbons (Fsp3) is 0. The van der Waals surface area contributed by atoms with Crippen molar-refractivity contribution in [1.82, 2.24) is 9.55 Å². The first-order chi connectivity index (χ1) is 30.3. The topological polar surface area (TPSA) is 70.4 Å². The highest BCUT2D eigenvalue weighted by Crippen LogP contribution is 2.52. The Hall–Kier alpha value is -8.35. The summed E-state index contributed by atoms with van der Waals surface area (Å²) < 4.78 is 30.1. The van der Waals surface area contributed by atoms with Crippen LogP contribution in [0, 0.1) is 0 Å². The molecule has 5 aromatic heterocycles. The molecule has 0 aliphatic heterocycles. The standard InChI is InChI=1S/C55H30N2O4/c1-2-15-31(16-3-1)55-56-42-23-8-9-24-43(42)57(55)50-36(48-51-38(32-17-4-10-25-44(32)58-51)29-39-33-18-5-11-26-45(33)59-52(39)48)21-14-22-37(50)49-53-40(34-19-6-12-27-46(34)60-53)30-41-35-20-7-13-28-47(35)61-54(41)49/h1-30H. The van der Waals surface area contributed by atoms with Gasteiger partial charge in [0.2, 0.25) is 0 Å². The van der Waals surface area contributed by atoms with Gasteiger partial charge in [-0.1, -0.05) is 133 Å². The van der Waals surface area contributed by atoms with E-state index in [0.717, 1.165) is 138 Å². The fourth-order valence-electron chi connectivity index (χ4n) is 9.78. The SMILES string of the molecule is c1ccc(-c2nc3ccccc3n2-c2c(-c3c4oc5ccccc5c4cc4c3oc3ccccc34)cccc2-c2c3oc4ccccc4c3cc3c2oc2ccccc23)cc1. The van der Waals surface area contributed by atoms with Gasteiger partial charge in [-0.3, -0.25) is 4.57 Å². The van der Waals surface area contributed by atoms with E-state index in [1.54, 1.807) is 0 Å². The first kappa shape index (κ1) is 32.6. The van der Waals surface area contributed by atoms with Crippen LogP contribution in [0.25, 0.3) is 138 Å². The molecule has 0 aliphatic rings. The molecule has 0 fully saturated rings. The number of hydrogen-bond donors (Lipinski definition) is 0. The maximum atomic E-state index is 6.96. The van der Waals surface area contributed by atoms with Gasteiger partial charge in [0.1, 0.15) is 50.5 Å². The normalized spacial score (nSPS) is 12.3. The van der Waals surface area contributed by atoms with E-state index in [9.17, 15) is 0 Å². The summed E-state index contributed by atoms with van der Waals surface area (Å²) in [5, 5.41) is 8.21. The molecule has 0 unspecified atom stereocenters. The minimum Gasteiger partial charge on any atom is -0.455 e. The number of hydrogen-bond acceptors (Lipinski definition) is 5. The lowest BCUT2D eigenvalue weighted by atomic mass is 9.91. The van der Waals surface area contributed by atoms with Crippen LogP contribution < -0.4 is 0 Å². The molecule has 0 amide bonds. The lowest BCUT2D eigenvalue weighted by Crippen LogP contribution is -2.03. The molecule has 0 saturated carbocycles. The highest BCUT2D eigenvalue weighted by Gasteiger charge is 2.30. The minimum absolute atomic E-state index is 0.743. The predicted molar refractivity (Wildman–Crippen MR) is 246 cm³/mol. The van der Waals surface area contributed by atoms with Gasteiger partial charge in [0.05, 0.1) is 27.8 Å². The molecule has 284 valence electrons. The van der Waals surface area contributed by atoms with Gasteiger partial charge in [-0.15, -0.1) is 0 Å². The third kappa shape index (κ3) is 4.48. The number of benzene rings is 9. The fourth-order valence-corrected chi connectivity index (χ4v) is 9.78. The van der Waals surface area contributed by atoms with E-state index in [0.29, 0.717) is 0 Å². The molecule has 5 heterocycles. The van der Waals surface area contributed by atoms with Crippen LogP contribution in [0.15, 0.2) is 200 Å². The Bertz CT molecular complexity index is 3740. The number of imidazole rings is 1. The van der Waals surface area contributed by atoms with E-state index in [-0.39, 0.29) is 0 Å². The number of para-hydroxylation sites is 7. The summed E-state index contributed by atoms with van der Waals surface area (Å²) in [6, 6.07) is 62.7. The number of nitrogens with zero attached hydrogens (tertiary/aromatic N) is 2. The summed E-state index contributed by atoms with van der Waals surface area (Å²) in [6.45, 7) is 0. The van der Waals surface area contributed by atoms with Gasteiger partial charge in [0.25, 0.3) is 0 Å². The Morgan fingerprint density at radius 3 is 1.20 bits per heavy atom. The van der Waals surface area contributed by atoms with E-state index in [2.05, 4.69) is 126 Å².